The summed E-state index contributed by atoms with van der Waals surface area (Å²) in [6.45, 7) is 2.32. The number of benzene rings is 1. The summed E-state index contributed by atoms with van der Waals surface area (Å²) < 4.78 is 41.7. The van der Waals surface area contributed by atoms with E-state index < -0.39 is 6.50 Å². The highest BCUT2D eigenvalue weighted by Gasteiger charge is 2.24. The fourth-order valence-corrected chi connectivity index (χ4v) is 4.06. The van der Waals surface area contributed by atoms with Gasteiger partial charge in [-0.25, -0.2) is 4.79 Å². The van der Waals surface area contributed by atoms with Crippen LogP contribution in [-0.2, 0) is 0 Å². The predicted octanol–water partition coefficient (Wildman–Crippen LogP) is 3.99. The third-order valence-electron chi connectivity index (χ3n) is 5.75. The molecule has 5 nitrogen and oxygen atoms in total. The number of nitrogens with zero attached hydrogens (tertiary/aromatic N) is 3. The van der Waals surface area contributed by atoms with E-state index in [0.29, 0.717) is 48.9 Å². The zero-order valence-electron chi connectivity index (χ0n) is 22.1. The van der Waals surface area contributed by atoms with Crippen LogP contribution in [0.4, 0.5) is 10.5 Å². The monoisotopic (exact) mass is 411 g/mol. The van der Waals surface area contributed by atoms with Crippen molar-refractivity contribution in [3.05, 3.63) is 28.7 Å². The molecule has 2 amide bonds. The first-order valence-corrected chi connectivity index (χ1v) is 10.5. The molecule has 156 valence electrons. The molecule has 1 saturated heterocycles. The number of hydrogen-bond acceptors (Lipinski definition) is 3. The second kappa shape index (κ2) is 9.84. The van der Waals surface area contributed by atoms with Gasteiger partial charge >= 0.3 is 6.03 Å². The van der Waals surface area contributed by atoms with E-state index in [1.165, 1.54) is 4.90 Å². The maximum absolute atomic E-state index is 11.9. The lowest BCUT2D eigenvalue weighted by Gasteiger charge is -2.37. The highest BCUT2D eigenvalue weighted by atomic mass is 35.5. The Kier molecular flexibility index (Phi) is 5.41. The van der Waals surface area contributed by atoms with Crippen molar-refractivity contribution in [1.82, 2.24) is 15.1 Å². The fraction of sp³-hybridized carbons (Fsp3) is 0.682. The average molecular weight is 412 g/mol. The van der Waals surface area contributed by atoms with Gasteiger partial charge in [0.25, 0.3) is 0 Å². The summed E-state index contributed by atoms with van der Waals surface area (Å²) in [4.78, 5) is 17.2. The zero-order chi connectivity index (χ0) is 24.5. The van der Waals surface area contributed by atoms with Gasteiger partial charge in [0.15, 0.2) is 0 Å². The Morgan fingerprint density at radius 3 is 2.57 bits per heavy atom. The molecule has 1 aromatic carbocycles. The molecule has 1 N–H and O–H groups in total. The highest BCUT2D eigenvalue weighted by molar-refractivity contribution is 6.34. The number of carbonyl (C=O) groups excluding carboxylic acids is 1. The number of halogens is 1. The van der Waals surface area contributed by atoms with Crippen LogP contribution in [0.3, 0.4) is 0 Å². The Bertz CT molecular complexity index is 840. The molecule has 1 saturated carbocycles. The van der Waals surface area contributed by atoms with E-state index >= 15 is 0 Å². The first kappa shape index (κ1) is 15.4. The molecule has 1 aliphatic carbocycles. The molecule has 2 aliphatic rings. The Hall–Kier alpha value is -1.46. The van der Waals surface area contributed by atoms with Crippen LogP contribution < -0.4 is 10.2 Å². The van der Waals surface area contributed by atoms with Gasteiger partial charge in [-0.2, -0.15) is 0 Å². The summed E-state index contributed by atoms with van der Waals surface area (Å²) in [6, 6.07) is -0.0884. The van der Waals surface area contributed by atoms with E-state index in [-0.39, 0.29) is 36.1 Å². The van der Waals surface area contributed by atoms with Crippen LogP contribution in [0.25, 0.3) is 0 Å². The van der Waals surface area contributed by atoms with E-state index in [4.69, 9.17) is 18.5 Å². The minimum atomic E-state index is -1.42. The molecule has 6 heteroatoms. The fourth-order valence-electron chi connectivity index (χ4n) is 3.85. The number of anilines is 1. The molecule has 2 fully saturated rings. The Labute approximate surface area is 182 Å². The standard InChI is InChI=1S/C22H35ClN4O/c1-17-5-4-6-20(21(17)23)27-15-13-26(14-16-27)12-11-18-7-9-19(10-8-18)24-22(28)25(2)3/h4-6,18-19H,7-16H2,1-3H3,(H,24,28)/t18-,19-/i4D,5D,6D,12D2. The Morgan fingerprint density at radius 1 is 1.25 bits per heavy atom. The van der Waals surface area contributed by atoms with Crippen LogP contribution in [0.2, 0.25) is 5.02 Å². The Morgan fingerprint density at radius 2 is 1.93 bits per heavy atom. The number of hydrogen-bond donors (Lipinski definition) is 1. The molecule has 0 atom stereocenters. The maximum Gasteiger partial charge on any atom is 0.317 e. The van der Waals surface area contributed by atoms with Crippen LogP contribution in [0, 0.1) is 12.8 Å². The minimum absolute atomic E-state index is 0.0141. The van der Waals surface area contributed by atoms with Crippen molar-refractivity contribution in [2.75, 3.05) is 51.7 Å². The number of rotatable bonds is 5. The van der Waals surface area contributed by atoms with Gasteiger partial charge in [0.1, 0.15) is 0 Å². The van der Waals surface area contributed by atoms with Crippen molar-refractivity contribution in [2.45, 2.75) is 45.1 Å². The largest absolute Gasteiger partial charge is 0.368 e. The lowest BCUT2D eigenvalue weighted by atomic mass is 9.84. The SMILES string of the molecule is [2H]c1c([2H])c(C)c(Cl)c(N2CCN(C([2H])([2H])C[C@H]3CC[C@H](NC(=O)N(C)C)CC3)CC2)c1[2H]. The smallest absolute Gasteiger partial charge is 0.317 e. The molecule has 0 unspecified atom stereocenters. The van der Waals surface area contributed by atoms with Crippen molar-refractivity contribution in [2.24, 2.45) is 5.92 Å². The molecule has 0 spiro atoms. The number of piperazine rings is 1. The van der Waals surface area contributed by atoms with Gasteiger partial charge in [0.05, 0.1) is 14.8 Å². The molecule has 0 radical (unpaired) electrons. The van der Waals surface area contributed by atoms with Crippen LogP contribution in [-0.4, -0.2) is 68.6 Å². The molecule has 3 rings (SSSR count). The van der Waals surface area contributed by atoms with Gasteiger partial charge in [-0.05, 0) is 63.0 Å². The molecule has 1 aliphatic heterocycles. The number of nitrogens with one attached hydrogen (secondary N) is 1. The van der Waals surface area contributed by atoms with Gasteiger partial charge in [0.2, 0.25) is 0 Å². The zero-order valence-corrected chi connectivity index (χ0v) is 17.9. The maximum atomic E-state index is 11.9. The van der Waals surface area contributed by atoms with E-state index in [1.807, 2.05) is 9.80 Å². The van der Waals surface area contributed by atoms with Gasteiger partial charge in [0, 0.05) is 49.1 Å². The predicted molar refractivity (Wildman–Crippen MR) is 117 cm³/mol. The van der Waals surface area contributed by atoms with Gasteiger partial charge in [-0.15, -0.1) is 0 Å². The minimum Gasteiger partial charge on any atom is -0.368 e. The summed E-state index contributed by atoms with van der Waals surface area (Å²) in [5, 5.41) is 3.38. The van der Waals surface area contributed by atoms with Gasteiger partial charge in [-0.1, -0.05) is 23.7 Å². The number of carbonyl (C=O) groups is 1. The van der Waals surface area contributed by atoms with E-state index in [9.17, 15) is 4.79 Å². The molecular weight excluding hydrogens is 372 g/mol. The summed E-state index contributed by atoms with van der Waals surface area (Å²) in [5.74, 6) is 0.290. The van der Waals surface area contributed by atoms with Crippen molar-refractivity contribution >= 4 is 23.3 Å². The second-order valence-corrected chi connectivity index (χ2v) is 8.44. The highest BCUT2D eigenvalue weighted by Crippen LogP contribution is 2.30. The number of amides is 2. The van der Waals surface area contributed by atoms with Crippen LogP contribution >= 0.6 is 11.6 Å². The average Bonchev–Trinajstić information content (AvgIpc) is 2.78. The van der Waals surface area contributed by atoms with E-state index in [2.05, 4.69) is 5.32 Å². The van der Waals surface area contributed by atoms with Crippen LogP contribution in [0.1, 0.15) is 44.5 Å². The van der Waals surface area contributed by atoms with E-state index in [1.54, 1.807) is 21.0 Å². The van der Waals surface area contributed by atoms with Gasteiger partial charge < -0.3 is 15.1 Å². The van der Waals surface area contributed by atoms with Gasteiger partial charge in [-0.3, -0.25) is 4.90 Å². The first-order chi connectivity index (χ1) is 15.4. The lowest BCUT2D eigenvalue weighted by molar-refractivity contribution is 0.194. The third-order valence-corrected chi connectivity index (χ3v) is 6.21. The van der Waals surface area contributed by atoms with Crippen molar-refractivity contribution in [3.63, 3.8) is 0 Å². The Balaban J connectivity index is 1.55. The van der Waals surface area contributed by atoms with Crippen molar-refractivity contribution in [3.8, 4) is 0 Å². The number of urea groups is 1. The quantitative estimate of drug-likeness (QED) is 0.796. The molecule has 28 heavy (non-hydrogen) atoms. The molecule has 1 aromatic rings. The van der Waals surface area contributed by atoms with E-state index in [0.717, 1.165) is 25.7 Å². The second-order valence-electron chi connectivity index (χ2n) is 8.06. The first-order valence-electron chi connectivity index (χ1n) is 12.7. The van der Waals surface area contributed by atoms with Crippen LogP contribution in [0.5, 0.6) is 0 Å². The van der Waals surface area contributed by atoms with Crippen molar-refractivity contribution in [1.29, 1.82) is 0 Å². The molecule has 0 bridgehead atoms. The summed E-state index contributed by atoms with van der Waals surface area (Å²) in [7, 11) is 3.46. The molecular formula is C22H35ClN4O. The normalized spacial score (nSPS) is 26.6. The summed E-state index contributed by atoms with van der Waals surface area (Å²) >= 11 is 6.44. The third kappa shape index (κ3) is 5.54. The molecule has 1 heterocycles. The van der Waals surface area contributed by atoms with Crippen LogP contribution in [0.15, 0.2) is 18.1 Å². The lowest BCUT2D eigenvalue weighted by Crippen LogP contribution is -2.47. The topological polar surface area (TPSA) is 38.8 Å². The summed E-state index contributed by atoms with van der Waals surface area (Å²) in [6.07, 6.45) is 4.02. The summed E-state index contributed by atoms with van der Waals surface area (Å²) in [5.41, 5.74) is 0.983. The molecule has 0 aromatic heterocycles. The van der Waals surface area contributed by atoms with Crippen molar-refractivity contribution < 1.29 is 11.6 Å².